The Bertz CT molecular complexity index is 2520. The van der Waals surface area contributed by atoms with E-state index in [4.69, 9.17) is 6.42 Å². The van der Waals surface area contributed by atoms with E-state index in [1.807, 2.05) is 18.0 Å². The van der Waals surface area contributed by atoms with Crippen LogP contribution in [0.1, 0.15) is 45.6 Å². The van der Waals surface area contributed by atoms with Crippen LogP contribution in [0.25, 0.3) is 33.0 Å². The maximum atomic E-state index is 6.07. The third-order valence-electron chi connectivity index (χ3n) is 10.1. The van der Waals surface area contributed by atoms with Crippen molar-refractivity contribution in [1.29, 1.82) is 0 Å². The minimum absolute atomic E-state index is 0.223. The number of hydrogen-bond donors (Lipinski definition) is 0. The molecule has 0 saturated heterocycles. The van der Waals surface area contributed by atoms with E-state index in [2.05, 4.69) is 193 Å². The Labute approximate surface area is 319 Å². The van der Waals surface area contributed by atoms with E-state index in [1.54, 1.807) is 0 Å². The highest BCUT2D eigenvalue weighted by Crippen LogP contribution is 2.39. The molecule has 1 aliphatic rings. The van der Waals surface area contributed by atoms with Gasteiger partial charge in [0, 0.05) is 39.9 Å². The normalized spacial score (nSPS) is 15.5. The molecule has 0 amide bonds. The summed E-state index contributed by atoms with van der Waals surface area (Å²) in [4.78, 5) is 2.29. The Morgan fingerprint density at radius 1 is 0.811 bits per heavy atom. The van der Waals surface area contributed by atoms with Crippen LogP contribution >= 0.6 is 11.9 Å². The third-order valence-corrected chi connectivity index (χ3v) is 11.2. The lowest BCUT2D eigenvalue weighted by Crippen LogP contribution is -2.36. The van der Waals surface area contributed by atoms with Crippen molar-refractivity contribution >= 4 is 56.3 Å². The lowest BCUT2D eigenvalue weighted by molar-refractivity contribution is 0.872. The summed E-state index contributed by atoms with van der Waals surface area (Å²) in [5, 5.41) is 5.08. The highest BCUT2D eigenvalue weighted by molar-refractivity contribution is 7.98. The van der Waals surface area contributed by atoms with Gasteiger partial charge in [-0.1, -0.05) is 147 Å². The van der Waals surface area contributed by atoms with Crippen molar-refractivity contribution in [3.8, 4) is 12.3 Å². The Morgan fingerprint density at radius 2 is 1.51 bits per heavy atom. The standard InChI is InChI=1S/C50H46N2S/c1-5-8-27-43-37(4)42(44-28-16-17-30-46(44)50(43)38-22-12-10-13-23-38)31-20-26-39(21-7-3)51(40-24-14-11-15-25-40)41-33-34-49-47(36-41)45-29-18-19-32-48(45)52(49)53-35-9-6-2/h3,5,8,10-30,32-34,36-37H,6,9,31,35H2,1-2,4H3/b8-5-,26-20-,39-21+,43-27+/t37-/m1/s1. The van der Waals surface area contributed by atoms with Gasteiger partial charge in [0.1, 0.15) is 0 Å². The predicted octanol–water partition coefficient (Wildman–Crippen LogP) is 11.9. The topological polar surface area (TPSA) is 8.17 Å². The SMILES string of the molecule is C#C/C=C(\C=C/CC1=c2ccccc2=C(c2ccccc2)/C(=C/C=C\C)[C@@H]1C)N(c1ccccc1)c1ccc2c(c1)c1ccccc1n2SCCCC. The van der Waals surface area contributed by atoms with Crippen molar-refractivity contribution in [3.63, 3.8) is 0 Å². The fourth-order valence-electron chi connectivity index (χ4n) is 7.52. The second kappa shape index (κ2) is 16.8. The molecule has 3 heteroatoms. The Kier molecular flexibility index (Phi) is 11.3. The number of fused-ring (bicyclic) bond motifs is 4. The first-order valence-corrected chi connectivity index (χ1v) is 19.6. The Hall–Kier alpha value is -5.69. The van der Waals surface area contributed by atoms with Crippen LogP contribution in [0.4, 0.5) is 11.4 Å². The highest BCUT2D eigenvalue weighted by Gasteiger charge is 2.24. The summed E-state index contributed by atoms with van der Waals surface area (Å²) in [5.74, 6) is 4.17. The van der Waals surface area contributed by atoms with Gasteiger partial charge >= 0.3 is 0 Å². The molecule has 0 unspecified atom stereocenters. The zero-order valence-electron chi connectivity index (χ0n) is 30.9. The lowest BCUT2D eigenvalue weighted by Gasteiger charge is -2.28. The van der Waals surface area contributed by atoms with Crippen molar-refractivity contribution in [2.75, 3.05) is 10.7 Å². The fourth-order valence-corrected chi connectivity index (χ4v) is 8.72. The van der Waals surface area contributed by atoms with E-state index in [0.29, 0.717) is 0 Å². The Morgan fingerprint density at radius 3 is 2.26 bits per heavy atom. The maximum Gasteiger partial charge on any atom is 0.0606 e. The summed E-state index contributed by atoms with van der Waals surface area (Å²) in [5.41, 5.74) is 10.8. The molecule has 1 aromatic heterocycles. The minimum atomic E-state index is 0.223. The van der Waals surface area contributed by atoms with E-state index in [1.165, 1.54) is 67.4 Å². The number of allylic oxidation sites excluding steroid dienone is 7. The molecule has 1 heterocycles. The van der Waals surface area contributed by atoms with Crippen LogP contribution in [0, 0.1) is 18.3 Å². The molecule has 6 aromatic rings. The number of anilines is 2. The van der Waals surface area contributed by atoms with E-state index in [9.17, 15) is 0 Å². The largest absolute Gasteiger partial charge is 0.310 e. The van der Waals surface area contributed by atoms with Crippen LogP contribution in [-0.2, 0) is 0 Å². The highest BCUT2D eigenvalue weighted by atomic mass is 32.2. The molecule has 0 aliphatic heterocycles. The first-order chi connectivity index (χ1) is 26.1. The molecule has 1 atom stereocenters. The van der Waals surface area contributed by atoms with Crippen molar-refractivity contribution in [3.05, 3.63) is 191 Å². The summed E-state index contributed by atoms with van der Waals surface area (Å²) in [7, 11) is 0. The van der Waals surface area contributed by atoms with Gasteiger partial charge in [0.25, 0.3) is 0 Å². The van der Waals surface area contributed by atoms with Gasteiger partial charge < -0.3 is 4.90 Å². The molecule has 1 aliphatic carbocycles. The number of aromatic nitrogens is 1. The molecule has 0 spiro atoms. The molecule has 0 saturated carbocycles. The Balaban J connectivity index is 1.33. The molecule has 0 bridgehead atoms. The van der Waals surface area contributed by atoms with Crippen LogP contribution in [0.5, 0.6) is 0 Å². The van der Waals surface area contributed by atoms with E-state index in [0.717, 1.165) is 29.2 Å². The van der Waals surface area contributed by atoms with Crippen LogP contribution < -0.4 is 15.3 Å². The number of unbranched alkanes of at least 4 members (excludes halogenated alkanes) is 1. The van der Waals surface area contributed by atoms with Gasteiger partial charge in [0.15, 0.2) is 0 Å². The number of nitrogens with zero attached hydrogens (tertiary/aromatic N) is 2. The number of terminal acetylenes is 1. The number of para-hydroxylation sites is 2. The van der Waals surface area contributed by atoms with Gasteiger partial charge in [0.05, 0.1) is 16.7 Å². The quantitative estimate of drug-likeness (QED) is 0.0711. The van der Waals surface area contributed by atoms with Crippen LogP contribution in [-0.4, -0.2) is 9.73 Å². The van der Waals surface area contributed by atoms with Gasteiger partial charge in [-0.25, -0.2) is 0 Å². The minimum Gasteiger partial charge on any atom is -0.310 e. The average Bonchev–Trinajstić information content (AvgIpc) is 3.51. The van der Waals surface area contributed by atoms with Crippen molar-refractivity contribution in [2.24, 2.45) is 5.92 Å². The zero-order valence-corrected chi connectivity index (χ0v) is 31.7. The van der Waals surface area contributed by atoms with Gasteiger partial charge in [-0.05, 0) is 101 Å². The summed E-state index contributed by atoms with van der Waals surface area (Å²) in [6.07, 6.45) is 22.2. The van der Waals surface area contributed by atoms with E-state index >= 15 is 0 Å². The lowest BCUT2D eigenvalue weighted by atomic mass is 9.77. The summed E-state index contributed by atoms with van der Waals surface area (Å²) in [6.45, 7) is 6.67. The molecule has 0 radical (unpaired) electrons. The van der Waals surface area contributed by atoms with Gasteiger partial charge in [-0.2, -0.15) is 0 Å². The first-order valence-electron chi connectivity index (χ1n) is 18.7. The van der Waals surface area contributed by atoms with E-state index < -0.39 is 0 Å². The fraction of sp³-hybridized carbons (Fsp3) is 0.160. The third kappa shape index (κ3) is 7.34. The molecule has 2 nitrogen and oxygen atoms in total. The smallest absolute Gasteiger partial charge is 0.0606 e. The van der Waals surface area contributed by atoms with E-state index in [-0.39, 0.29) is 5.92 Å². The van der Waals surface area contributed by atoms with Gasteiger partial charge in [0.2, 0.25) is 0 Å². The first kappa shape index (κ1) is 35.7. The maximum absolute atomic E-state index is 6.07. The zero-order chi connectivity index (χ0) is 36.6. The van der Waals surface area contributed by atoms with Gasteiger partial charge in [-0.3, -0.25) is 3.97 Å². The average molecular weight is 707 g/mol. The van der Waals surface area contributed by atoms with Crippen molar-refractivity contribution in [1.82, 2.24) is 3.97 Å². The second-order valence-electron chi connectivity index (χ2n) is 13.4. The van der Waals surface area contributed by atoms with Crippen LogP contribution in [0.15, 0.2) is 175 Å². The number of benzene rings is 5. The number of hydrogen-bond acceptors (Lipinski definition) is 2. The summed E-state index contributed by atoms with van der Waals surface area (Å²) < 4.78 is 2.41. The molecule has 0 fully saturated rings. The molecule has 0 N–H and O–H groups in total. The molecular weight excluding hydrogens is 661 g/mol. The van der Waals surface area contributed by atoms with Crippen molar-refractivity contribution < 1.29 is 0 Å². The molecule has 53 heavy (non-hydrogen) atoms. The monoisotopic (exact) mass is 706 g/mol. The molecule has 7 rings (SSSR count). The van der Waals surface area contributed by atoms with Crippen LogP contribution in [0.2, 0.25) is 0 Å². The van der Waals surface area contributed by atoms with Crippen LogP contribution in [0.3, 0.4) is 0 Å². The summed E-state index contributed by atoms with van der Waals surface area (Å²) >= 11 is 1.90. The summed E-state index contributed by atoms with van der Waals surface area (Å²) in [6, 6.07) is 45.8. The van der Waals surface area contributed by atoms with Gasteiger partial charge in [-0.15, -0.1) is 6.42 Å². The second-order valence-corrected chi connectivity index (χ2v) is 14.4. The predicted molar refractivity (Wildman–Crippen MR) is 232 cm³/mol. The number of rotatable bonds is 12. The van der Waals surface area contributed by atoms with Crippen molar-refractivity contribution in [2.45, 2.75) is 40.0 Å². The molecular formula is C50H46N2S. The molecule has 5 aromatic carbocycles. The molecule has 262 valence electrons.